The second-order valence-corrected chi connectivity index (χ2v) is 3.33. The summed E-state index contributed by atoms with van der Waals surface area (Å²) in [5.74, 6) is 0.0989. The molecule has 0 aliphatic rings. The number of nitrogens with zero attached hydrogens (tertiary/aromatic N) is 1. The van der Waals surface area contributed by atoms with E-state index in [-0.39, 0.29) is 5.82 Å². The van der Waals surface area contributed by atoms with E-state index < -0.39 is 6.10 Å². The summed E-state index contributed by atoms with van der Waals surface area (Å²) in [7, 11) is 0. The molecule has 0 amide bonds. The number of aromatic amines is 1. The van der Waals surface area contributed by atoms with E-state index in [1.54, 1.807) is 31.5 Å². The molecule has 0 bridgehead atoms. The largest absolute Gasteiger partial charge is 0.380 e. The molecule has 4 heteroatoms. The van der Waals surface area contributed by atoms with Crippen molar-refractivity contribution >= 4 is 0 Å². The molecular weight excluding hydrogens is 195 g/mol. The van der Waals surface area contributed by atoms with Gasteiger partial charge in [-0.3, -0.25) is 0 Å². The van der Waals surface area contributed by atoms with Gasteiger partial charge in [0, 0.05) is 12.4 Å². The summed E-state index contributed by atoms with van der Waals surface area (Å²) < 4.78 is 13.2. The maximum Gasteiger partial charge on any atom is 0.139 e. The Bertz CT molecular complexity index is 454. The lowest BCUT2D eigenvalue weighted by atomic mass is 10.0. The quantitative estimate of drug-likeness (QED) is 0.788. The second-order valence-electron chi connectivity index (χ2n) is 3.33. The van der Waals surface area contributed by atoms with Gasteiger partial charge in [-0.05, 0) is 24.1 Å². The van der Waals surface area contributed by atoms with Crippen LogP contribution in [0.1, 0.15) is 23.1 Å². The highest BCUT2D eigenvalue weighted by Gasteiger charge is 2.16. The number of hydrogen-bond donors (Lipinski definition) is 2. The zero-order valence-electron chi connectivity index (χ0n) is 8.24. The van der Waals surface area contributed by atoms with E-state index >= 15 is 0 Å². The van der Waals surface area contributed by atoms with Crippen LogP contribution < -0.4 is 0 Å². The van der Waals surface area contributed by atoms with Crippen LogP contribution in [0.2, 0.25) is 0 Å². The molecule has 2 N–H and O–H groups in total. The molecule has 0 saturated carbocycles. The van der Waals surface area contributed by atoms with Crippen LogP contribution in [0.5, 0.6) is 0 Å². The molecule has 15 heavy (non-hydrogen) atoms. The molecular formula is C11H11FN2O. The van der Waals surface area contributed by atoms with E-state index in [1.807, 2.05) is 0 Å². The standard InChI is InChI=1S/C11H11FN2O/c1-7-8(3-2-4-9(7)12)10(15)11-13-5-6-14-11/h2-6,10,15H,1H3,(H,13,14). The van der Waals surface area contributed by atoms with Gasteiger partial charge < -0.3 is 10.1 Å². The minimum atomic E-state index is -0.907. The third-order valence-corrected chi connectivity index (χ3v) is 2.38. The third kappa shape index (κ3) is 1.76. The molecule has 1 aromatic carbocycles. The van der Waals surface area contributed by atoms with Crippen LogP contribution in [0, 0.1) is 12.7 Å². The number of halogens is 1. The molecule has 0 fully saturated rings. The fourth-order valence-electron chi connectivity index (χ4n) is 1.49. The van der Waals surface area contributed by atoms with Gasteiger partial charge in [-0.1, -0.05) is 12.1 Å². The zero-order chi connectivity index (χ0) is 10.8. The van der Waals surface area contributed by atoms with Gasteiger partial charge in [0.05, 0.1) is 0 Å². The first kappa shape index (κ1) is 9.86. The first-order chi connectivity index (χ1) is 7.20. The third-order valence-electron chi connectivity index (χ3n) is 2.38. The Balaban J connectivity index is 2.42. The average molecular weight is 206 g/mol. The van der Waals surface area contributed by atoms with E-state index in [0.717, 1.165) is 0 Å². The van der Waals surface area contributed by atoms with Gasteiger partial charge in [0.25, 0.3) is 0 Å². The minimum absolute atomic E-state index is 0.321. The molecule has 0 saturated heterocycles. The van der Waals surface area contributed by atoms with Crippen molar-refractivity contribution < 1.29 is 9.50 Å². The predicted molar refractivity (Wildman–Crippen MR) is 53.8 cm³/mol. The summed E-state index contributed by atoms with van der Waals surface area (Å²) in [5, 5.41) is 9.93. The number of aliphatic hydroxyl groups excluding tert-OH is 1. The Labute approximate surface area is 86.6 Å². The maximum absolute atomic E-state index is 13.2. The smallest absolute Gasteiger partial charge is 0.139 e. The molecule has 2 rings (SSSR count). The number of nitrogens with one attached hydrogen (secondary N) is 1. The van der Waals surface area contributed by atoms with Gasteiger partial charge in [-0.25, -0.2) is 9.37 Å². The second kappa shape index (κ2) is 3.82. The summed E-state index contributed by atoms with van der Waals surface area (Å²) in [6, 6.07) is 4.63. The molecule has 1 aromatic heterocycles. The summed E-state index contributed by atoms with van der Waals surface area (Å²) in [6.45, 7) is 1.64. The number of H-pyrrole nitrogens is 1. The zero-order valence-corrected chi connectivity index (χ0v) is 8.24. The first-order valence-electron chi connectivity index (χ1n) is 4.62. The topological polar surface area (TPSA) is 48.9 Å². The molecule has 0 radical (unpaired) electrons. The predicted octanol–water partition coefficient (Wildman–Crippen LogP) is 1.94. The fourth-order valence-corrected chi connectivity index (χ4v) is 1.49. The number of benzene rings is 1. The number of aliphatic hydroxyl groups is 1. The van der Waals surface area contributed by atoms with Crippen LogP contribution in [0.25, 0.3) is 0 Å². The van der Waals surface area contributed by atoms with Crippen molar-refractivity contribution in [1.82, 2.24) is 9.97 Å². The summed E-state index contributed by atoms with van der Waals surface area (Å²) in [5.41, 5.74) is 0.978. The number of aromatic nitrogens is 2. The molecule has 3 nitrogen and oxygen atoms in total. The minimum Gasteiger partial charge on any atom is -0.380 e. The van der Waals surface area contributed by atoms with Crippen LogP contribution >= 0.6 is 0 Å². The lowest BCUT2D eigenvalue weighted by Gasteiger charge is -2.11. The molecule has 78 valence electrons. The van der Waals surface area contributed by atoms with Crippen LogP contribution in [0.15, 0.2) is 30.6 Å². The Kier molecular flexibility index (Phi) is 2.51. The van der Waals surface area contributed by atoms with Crippen molar-refractivity contribution in [2.75, 3.05) is 0 Å². The molecule has 1 atom stereocenters. The molecule has 0 aliphatic carbocycles. The van der Waals surface area contributed by atoms with E-state index in [0.29, 0.717) is 17.0 Å². The van der Waals surface area contributed by atoms with E-state index in [2.05, 4.69) is 9.97 Å². The van der Waals surface area contributed by atoms with E-state index in [1.165, 1.54) is 6.07 Å². The van der Waals surface area contributed by atoms with Crippen molar-refractivity contribution in [1.29, 1.82) is 0 Å². The molecule has 1 heterocycles. The van der Waals surface area contributed by atoms with E-state index in [4.69, 9.17) is 0 Å². The van der Waals surface area contributed by atoms with Crippen molar-refractivity contribution in [2.24, 2.45) is 0 Å². The number of rotatable bonds is 2. The summed E-state index contributed by atoms with van der Waals surface area (Å²) in [4.78, 5) is 6.73. The van der Waals surface area contributed by atoms with Gasteiger partial charge in [0.2, 0.25) is 0 Å². The van der Waals surface area contributed by atoms with E-state index in [9.17, 15) is 9.50 Å². The van der Waals surface area contributed by atoms with Crippen LogP contribution in [0.4, 0.5) is 4.39 Å². The fraction of sp³-hybridized carbons (Fsp3) is 0.182. The van der Waals surface area contributed by atoms with Crippen LogP contribution in [0.3, 0.4) is 0 Å². The molecule has 0 spiro atoms. The Hall–Kier alpha value is -1.68. The van der Waals surface area contributed by atoms with Gasteiger partial charge in [0.15, 0.2) is 0 Å². The normalized spacial score (nSPS) is 12.7. The van der Waals surface area contributed by atoms with Crippen molar-refractivity contribution in [2.45, 2.75) is 13.0 Å². The SMILES string of the molecule is Cc1c(F)cccc1C(O)c1ncc[nH]1. The molecule has 0 aliphatic heterocycles. The van der Waals surface area contributed by atoms with Crippen molar-refractivity contribution in [3.63, 3.8) is 0 Å². The molecule has 1 unspecified atom stereocenters. The van der Waals surface area contributed by atoms with Gasteiger partial charge in [0.1, 0.15) is 17.7 Å². The molecule has 2 aromatic rings. The van der Waals surface area contributed by atoms with Gasteiger partial charge in [-0.2, -0.15) is 0 Å². The summed E-state index contributed by atoms with van der Waals surface area (Å²) in [6.07, 6.45) is 2.26. The summed E-state index contributed by atoms with van der Waals surface area (Å²) >= 11 is 0. The van der Waals surface area contributed by atoms with Crippen molar-refractivity contribution in [3.8, 4) is 0 Å². The highest BCUT2D eigenvalue weighted by Crippen LogP contribution is 2.23. The Morgan fingerprint density at radius 1 is 1.47 bits per heavy atom. The number of imidazole rings is 1. The maximum atomic E-state index is 13.2. The van der Waals surface area contributed by atoms with Gasteiger partial charge in [-0.15, -0.1) is 0 Å². The number of hydrogen-bond acceptors (Lipinski definition) is 2. The average Bonchev–Trinajstić information content (AvgIpc) is 2.74. The van der Waals surface area contributed by atoms with Crippen molar-refractivity contribution in [3.05, 3.63) is 53.4 Å². The highest BCUT2D eigenvalue weighted by molar-refractivity contribution is 5.32. The van der Waals surface area contributed by atoms with Crippen LogP contribution in [-0.4, -0.2) is 15.1 Å². The highest BCUT2D eigenvalue weighted by atomic mass is 19.1. The van der Waals surface area contributed by atoms with Crippen LogP contribution in [-0.2, 0) is 0 Å². The lowest BCUT2D eigenvalue weighted by molar-refractivity contribution is 0.209. The Morgan fingerprint density at radius 2 is 2.27 bits per heavy atom. The van der Waals surface area contributed by atoms with Gasteiger partial charge >= 0.3 is 0 Å². The first-order valence-corrected chi connectivity index (χ1v) is 4.62. The Morgan fingerprint density at radius 3 is 2.93 bits per heavy atom. The monoisotopic (exact) mass is 206 g/mol. The lowest BCUT2D eigenvalue weighted by Crippen LogP contribution is -2.05.